The second-order valence-electron chi connectivity index (χ2n) is 3.30. The fourth-order valence-electron chi connectivity index (χ4n) is 1.64. The van der Waals surface area contributed by atoms with Crippen molar-refractivity contribution in [3.05, 3.63) is 11.6 Å². The Morgan fingerprint density at radius 2 is 1.72 bits per heavy atom. The molecule has 0 amide bonds. The molecule has 1 aromatic rings. The molecule has 0 aliphatic carbocycles. The Balaban J connectivity index is 3.58. The van der Waals surface area contributed by atoms with Crippen molar-refractivity contribution in [2.75, 3.05) is 28.4 Å². The van der Waals surface area contributed by atoms with Crippen molar-refractivity contribution in [2.45, 2.75) is 0 Å². The van der Waals surface area contributed by atoms with Crippen LogP contribution in [0.15, 0.2) is 6.07 Å². The molecule has 96 valence electrons. The van der Waals surface area contributed by atoms with Gasteiger partial charge in [0.1, 0.15) is 0 Å². The molecule has 18 heavy (non-hydrogen) atoms. The zero-order valence-electron chi connectivity index (χ0n) is 10.7. The van der Waals surface area contributed by atoms with Gasteiger partial charge in [0.05, 0.1) is 0 Å². The number of carbonyl (C=O) groups excluding carboxylic acids is 1. The molecule has 0 N–H and O–H groups in total. The van der Waals surface area contributed by atoms with Gasteiger partial charge >= 0.3 is 122 Å². The van der Waals surface area contributed by atoms with Gasteiger partial charge in [0, 0.05) is 0 Å². The van der Waals surface area contributed by atoms with E-state index < -0.39 is 29.3 Å². The summed E-state index contributed by atoms with van der Waals surface area (Å²) in [4.78, 5) is 11.7. The number of rotatable bonds is 5. The van der Waals surface area contributed by atoms with Crippen LogP contribution in [0.1, 0.15) is 10.4 Å². The predicted octanol–water partition coefficient (Wildman–Crippen LogP) is 1.36. The van der Waals surface area contributed by atoms with Crippen LogP contribution in [-0.2, 0) is 28.1 Å². The van der Waals surface area contributed by atoms with E-state index in [-0.39, 0.29) is 0 Å². The monoisotopic (exact) mass is 462 g/mol. The SMILES string of the molecule is COC(=O)c1cc(OC)c(OC)c(OC)[c]1[Hg][Cl]. The maximum atomic E-state index is 11.7. The Labute approximate surface area is 121 Å². The molecule has 0 aromatic heterocycles. The number of methoxy groups -OCH3 is 4. The topological polar surface area (TPSA) is 54.0 Å². The van der Waals surface area contributed by atoms with Gasteiger partial charge in [-0.1, -0.05) is 0 Å². The molecule has 0 atom stereocenters. The summed E-state index contributed by atoms with van der Waals surface area (Å²) in [5.41, 5.74) is 0.392. The van der Waals surface area contributed by atoms with E-state index in [1.54, 1.807) is 6.07 Å². The zero-order chi connectivity index (χ0) is 13.7. The van der Waals surface area contributed by atoms with Gasteiger partial charge in [-0.2, -0.15) is 0 Å². The van der Waals surface area contributed by atoms with Gasteiger partial charge in [0.25, 0.3) is 0 Å². The van der Waals surface area contributed by atoms with Crippen molar-refractivity contribution in [2.24, 2.45) is 0 Å². The van der Waals surface area contributed by atoms with Crippen LogP contribution in [-0.4, -0.2) is 34.4 Å². The predicted molar refractivity (Wildman–Crippen MR) is 62.9 cm³/mol. The number of esters is 1. The fraction of sp³-hybridized carbons (Fsp3) is 0.364. The number of hydrogen-bond acceptors (Lipinski definition) is 5. The van der Waals surface area contributed by atoms with E-state index in [0.29, 0.717) is 22.8 Å². The summed E-state index contributed by atoms with van der Waals surface area (Å²) in [7, 11) is 11.9. The van der Waals surface area contributed by atoms with Crippen LogP contribution in [0, 0.1) is 0 Å². The first-order valence-corrected chi connectivity index (χ1v) is 14.6. The average molecular weight is 461 g/mol. The number of carbonyl (C=O) groups is 1. The molecular formula is C11H13ClHgO5. The van der Waals surface area contributed by atoms with Crippen LogP contribution in [0.2, 0.25) is 0 Å². The van der Waals surface area contributed by atoms with Crippen LogP contribution in [0.3, 0.4) is 0 Å². The van der Waals surface area contributed by atoms with E-state index in [1.165, 1.54) is 28.4 Å². The molecule has 0 heterocycles. The molecule has 0 radical (unpaired) electrons. The second kappa shape index (κ2) is 7.04. The molecule has 0 fully saturated rings. The first-order chi connectivity index (χ1) is 8.64. The van der Waals surface area contributed by atoms with E-state index in [9.17, 15) is 4.79 Å². The summed E-state index contributed by atoms with van der Waals surface area (Å²) in [6.45, 7) is 0. The van der Waals surface area contributed by atoms with Crippen LogP contribution in [0.4, 0.5) is 0 Å². The van der Waals surface area contributed by atoms with Crippen molar-refractivity contribution in [1.29, 1.82) is 0 Å². The van der Waals surface area contributed by atoms with Crippen molar-refractivity contribution in [3.8, 4) is 17.2 Å². The minimum absolute atomic E-state index is 0.392. The molecule has 0 spiro atoms. The average Bonchev–Trinajstić information content (AvgIpc) is 2.43. The normalized spacial score (nSPS) is 9.39. The van der Waals surface area contributed by atoms with E-state index in [2.05, 4.69) is 0 Å². The van der Waals surface area contributed by atoms with Gasteiger partial charge in [-0.25, -0.2) is 0 Å². The molecule has 0 bridgehead atoms. The molecule has 0 saturated carbocycles. The first-order valence-electron chi connectivity index (χ1n) is 5.10. The van der Waals surface area contributed by atoms with E-state index in [1.807, 2.05) is 0 Å². The van der Waals surface area contributed by atoms with Gasteiger partial charge in [0.2, 0.25) is 0 Å². The summed E-state index contributed by atoms with van der Waals surface area (Å²) in [6.07, 6.45) is 0. The van der Waals surface area contributed by atoms with Gasteiger partial charge < -0.3 is 0 Å². The number of ether oxygens (including phenoxy) is 4. The zero-order valence-corrected chi connectivity index (χ0v) is 17.0. The summed E-state index contributed by atoms with van der Waals surface area (Å²) >= 11 is -1.93. The molecular weight excluding hydrogens is 448 g/mol. The Morgan fingerprint density at radius 3 is 2.11 bits per heavy atom. The standard InChI is InChI=1S/C11H13O5.ClH.Hg/c1-13-8-5-7(11(12)16-4)6-9(14-2)10(8)15-3;;/h5H,1-4H3;1H;/q;;+1/p-1. The van der Waals surface area contributed by atoms with Crippen LogP contribution >= 0.6 is 8.25 Å². The summed E-state index contributed by atoms with van der Waals surface area (Å²) < 4.78 is 21.2. The van der Waals surface area contributed by atoms with Gasteiger partial charge in [-0.15, -0.1) is 0 Å². The molecule has 7 heteroatoms. The Morgan fingerprint density at radius 1 is 1.11 bits per heavy atom. The Kier molecular flexibility index (Phi) is 6.01. The second-order valence-corrected chi connectivity index (χ2v) is 9.43. The van der Waals surface area contributed by atoms with E-state index in [4.69, 9.17) is 27.2 Å². The van der Waals surface area contributed by atoms with Gasteiger partial charge in [-0.05, 0) is 0 Å². The van der Waals surface area contributed by atoms with Crippen LogP contribution in [0.25, 0.3) is 0 Å². The van der Waals surface area contributed by atoms with Gasteiger partial charge in [0.15, 0.2) is 0 Å². The van der Waals surface area contributed by atoms with E-state index >= 15 is 0 Å². The summed E-state index contributed by atoms with van der Waals surface area (Å²) in [6, 6.07) is 1.57. The van der Waals surface area contributed by atoms with Crippen molar-refractivity contribution >= 4 is 17.3 Å². The third-order valence-electron chi connectivity index (χ3n) is 2.47. The molecule has 0 aliphatic rings. The first kappa shape index (κ1) is 15.4. The number of hydrogen-bond donors (Lipinski definition) is 0. The van der Waals surface area contributed by atoms with Gasteiger partial charge in [-0.3, -0.25) is 0 Å². The third-order valence-corrected chi connectivity index (χ3v) is 8.59. The van der Waals surface area contributed by atoms with Crippen molar-refractivity contribution in [1.82, 2.24) is 0 Å². The molecule has 0 saturated heterocycles. The number of benzene rings is 1. The molecule has 1 rings (SSSR count). The molecule has 5 nitrogen and oxygen atoms in total. The Bertz CT molecular complexity index is 450. The maximum absolute atomic E-state index is 11.7. The molecule has 1 aromatic carbocycles. The quantitative estimate of drug-likeness (QED) is 0.490. The molecule has 0 unspecified atom stereocenters. The van der Waals surface area contributed by atoms with Crippen LogP contribution < -0.4 is 17.3 Å². The van der Waals surface area contributed by atoms with Crippen LogP contribution in [0.5, 0.6) is 17.2 Å². The Hall–Kier alpha value is -0.685. The van der Waals surface area contributed by atoms with Crippen molar-refractivity contribution in [3.63, 3.8) is 0 Å². The third kappa shape index (κ3) is 2.83. The molecule has 0 aliphatic heterocycles. The summed E-state index contributed by atoms with van der Waals surface area (Å²) in [5, 5.41) is 0. The number of halogens is 1. The minimum atomic E-state index is -1.93. The fourth-order valence-corrected chi connectivity index (χ4v) is 7.14. The summed E-state index contributed by atoms with van der Waals surface area (Å²) in [5.74, 6) is 0.874. The van der Waals surface area contributed by atoms with Crippen molar-refractivity contribution < 1.29 is 47.1 Å². The van der Waals surface area contributed by atoms with E-state index in [0.717, 1.165) is 3.07 Å².